The summed E-state index contributed by atoms with van der Waals surface area (Å²) < 4.78 is 5.37. The van der Waals surface area contributed by atoms with Crippen LogP contribution in [0.5, 0.6) is 0 Å². The average Bonchev–Trinajstić information content (AvgIpc) is 2.55. The molecule has 0 N–H and O–H groups in total. The van der Waals surface area contributed by atoms with E-state index in [1.807, 2.05) is 17.0 Å². The molecular weight excluding hydrogens is 264 g/mol. The number of amides is 1. The lowest BCUT2D eigenvalue weighted by Gasteiger charge is -2.31. The van der Waals surface area contributed by atoms with E-state index in [0.717, 1.165) is 51.4 Å². The molecule has 0 aromatic heterocycles. The van der Waals surface area contributed by atoms with Gasteiger partial charge in [0.05, 0.1) is 13.2 Å². The van der Waals surface area contributed by atoms with E-state index in [2.05, 4.69) is 24.0 Å². The van der Waals surface area contributed by atoms with Crippen LogP contribution in [0.1, 0.15) is 30.1 Å². The molecule has 2 aliphatic heterocycles. The van der Waals surface area contributed by atoms with E-state index < -0.39 is 0 Å². The zero-order valence-corrected chi connectivity index (χ0v) is 12.8. The second-order valence-electron chi connectivity index (χ2n) is 6.14. The van der Waals surface area contributed by atoms with E-state index in [0.29, 0.717) is 5.92 Å². The van der Waals surface area contributed by atoms with Crippen LogP contribution in [0.2, 0.25) is 0 Å². The Morgan fingerprint density at radius 2 is 1.86 bits per heavy atom. The van der Waals surface area contributed by atoms with Gasteiger partial charge in [0.25, 0.3) is 5.91 Å². The molecule has 3 rings (SSSR count). The van der Waals surface area contributed by atoms with Gasteiger partial charge in [0, 0.05) is 37.4 Å². The third kappa shape index (κ3) is 3.38. The highest BCUT2D eigenvalue weighted by Gasteiger charge is 2.22. The van der Waals surface area contributed by atoms with E-state index in [1.165, 1.54) is 12.1 Å². The average molecular weight is 288 g/mol. The SMILES string of the molecule is C[C@H]1CCCN(C(=O)c2ccc(N3CCOCC3)cc2)C1. The van der Waals surface area contributed by atoms with E-state index in [1.54, 1.807) is 0 Å². The summed E-state index contributed by atoms with van der Waals surface area (Å²) in [6.07, 6.45) is 2.36. The number of hydrogen-bond acceptors (Lipinski definition) is 3. The van der Waals surface area contributed by atoms with Crippen molar-refractivity contribution in [3.63, 3.8) is 0 Å². The number of morpholine rings is 1. The minimum atomic E-state index is 0.176. The van der Waals surface area contributed by atoms with Gasteiger partial charge in [-0.15, -0.1) is 0 Å². The van der Waals surface area contributed by atoms with Gasteiger partial charge in [0.2, 0.25) is 0 Å². The van der Waals surface area contributed by atoms with Gasteiger partial charge in [-0.1, -0.05) is 6.92 Å². The second-order valence-corrected chi connectivity index (χ2v) is 6.14. The van der Waals surface area contributed by atoms with Crippen LogP contribution in [0, 0.1) is 5.92 Å². The number of benzene rings is 1. The standard InChI is InChI=1S/C17H24N2O2/c1-14-3-2-8-19(13-14)17(20)15-4-6-16(7-5-15)18-9-11-21-12-10-18/h4-7,14H,2-3,8-13H2,1H3/t14-/m0/s1. The Labute approximate surface area is 126 Å². The second kappa shape index (κ2) is 6.48. The quantitative estimate of drug-likeness (QED) is 0.838. The van der Waals surface area contributed by atoms with Crippen LogP contribution < -0.4 is 4.90 Å². The molecule has 4 nitrogen and oxygen atoms in total. The van der Waals surface area contributed by atoms with Gasteiger partial charge < -0.3 is 14.5 Å². The molecule has 4 heteroatoms. The Kier molecular flexibility index (Phi) is 4.44. The van der Waals surface area contributed by atoms with Crippen molar-refractivity contribution in [2.45, 2.75) is 19.8 Å². The summed E-state index contributed by atoms with van der Waals surface area (Å²) in [5.74, 6) is 0.797. The zero-order chi connectivity index (χ0) is 14.7. The third-order valence-electron chi connectivity index (χ3n) is 4.43. The maximum absolute atomic E-state index is 12.5. The van der Waals surface area contributed by atoms with Crippen molar-refractivity contribution < 1.29 is 9.53 Å². The van der Waals surface area contributed by atoms with Gasteiger partial charge in [0.1, 0.15) is 0 Å². The van der Waals surface area contributed by atoms with Gasteiger partial charge in [-0.3, -0.25) is 4.79 Å². The number of nitrogens with zero attached hydrogens (tertiary/aromatic N) is 2. The molecule has 0 unspecified atom stereocenters. The summed E-state index contributed by atoms with van der Waals surface area (Å²) in [5, 5.41) is 0. The van der Waals surface area contributed by atoms with Crippen LogP contribution >= 0.6 is 0 Å². The molecular formula is C17H24N2O2. The number of anilines is 1. The van der Waals surface area contributed by atoms with E-state index in [-0.39, 0.29) is 5.91 Å². The van der Waals surface area contributed by atoms with Crippen LogP contribution in [0.25, 0.3) is 0 Å². The fourth-order valence-electron chi connectivity index (χ4n) is 3.19. The third-order valence-corrected chi connectivity index (χ3v) is 4.43. The van der Waals surface area contributed by atoms with Crippen molar-refractivity contribution in [1.29, 1.82) is 0 Å². The Bertz CT molecular complexity index is 480. The highest BCUT2D eigenvalue weighted by molar-refractivity contribution is 5.94. The normalized spacial score (nSPS) is 23.2. The summed E-state index contributed by atoms with van der Waals surface area (Å²) in [7, 11) is 0. The van der Waals surface area contributed by atoms with Crippen LogP contribution in [-0.4, -0.2) is 50.2 Å². The van der Waals surface area contributed by atoms with Gasteiger partial charge in [-0.2, -0.15) is 0 Å². The summed E-state index contributed by atoms with van der Waals surface area (Å²) in [6, 6.07) is 8.05. The van der Waals surface area contributed by atoms with Crippen LogP contribution in [-0.2, 0) is 4.74 Å². The summed E-state index contributed by atoms with van der Waals surface area (Å²) in [5.41, 5.74) is 1.99. The maximum atomic E-state index is 12.5. The molecule has 21 heavy (non-hydrogen) atoms. The van der Waals surface area contributed by atoms with Crippen molar-refractivity contribution in [2.24, 2.45) is 5.92 Å². The summed E-state index contributed by atoms with van der Waals surface area (Å²) in [4.78, 5) is 16.8. The predicted octanol–water partition coefficient (Wildman–Crippen LogP) is 2.40. The molecule has 0 radical (unpaired) electrons. The monoisotopic (exact) mass is 288 g/mol. The first-order valence-corrected chi connectivity index (χ1v) is 7.96. The molecule has 0 spiro atoms. The van der Waals surface area contributed by atoms with Gasteiger partial charge in [0.15, 0.2) is 0 Å². The first-order valence-electron chi connectivity index (χ1n) is 7.96. The molecule has 0 bridgehead atoms. The maximum Gasteiger partial charge on any atom is 0.253 e. The number of rotatable bonds is 2. The van der Waals surface area contributed by atoms with Crippen molar-refractivity contribution in [3.05, 3.63) is 29.8 Å². The molecule has 0 saturated carbocycles. The Hall–Kier alpha value is -1.55. The van der Waals surface area contributed by atoms with Gasteiger partial charge in [-0.05, 0) is 43.0 Å². The number of ether oxygens (including phenoxy) is 1. The molecule has 2 heterocycles. The van der Waals surface area contributed by atoms with Crippen molar-refractivity contribution in [3.8, 4) is 0 Å². The Morgan fingerprint density at radius 1 is 1.14 bits per heavy atom. The number of likely N-dealkylation sites (tertiary alicyclic amines) is 1. The minimum Gasteiger partial charge on any atom is -0.378 e. The lowest BCUT2D eigenvalue weighted by molar-refractivity contribution is 0.0683. The highest BCUT2D eigenvalue weighted by atomic mass is 16.5. The Morgan fingerprint density at radius 3 is 2.52 bits per heavy atom. The molecule has 1 aromatic carbocycles. The van der Waals surface area contributed by atoms with E-state index >= 15 is 0 Å². The Balaban J connectivity index is 1.67. The molecule has 2 aliphatic rings. The number of carbonyl (C=O) groups is 1. The smallest absolute Gasteiger partial charge is 0.253 e. The van der Waals surface area contributed by atoms with Crippen LogP contribution in [0.15, 0.2) is 24.3 Å². The molecule has 1 aromatic rings. The van der Waals surface area contributed by atoms with Crippen molar-refractivity contribution in [1.82, 2.24) is 4.90 Å². The van der Waals surface area contributed by atoms with Gasteiger partial charge in [-0.25, -0.2) is 0 Å². The van der Waals surface area contributed by atoms with Gasteiger partial charge >= 0.3 is 0 Å². The van der Waals surface area contributed by atoms with Crippen LogP contribution in [0.4, 0.5) is 5.69 Å². The lowest BCUT2D eigenvalue weighted by Crippen LogP contribution is -2.39. The zero-order valence-electron chi connectivity index (χ0n) is 12.8. The van der Waals surface area contributed by atoms with E-state index in [9.17, 15) is 4.79 Å². The molecule has 1 amide bonds. The molecule has 2 fully saturated rings. The largest absolute Gasteiger partial charge is 0.378 e. The first kappa shape index (κ1) is 14.4. The first-order chi connectivity index (χ1) is 10.2. The summed E-state index contributed by atoms with van der Waals surface area (Å²) in [6.45, 7) is 7.44. The van der Waals surface area contributed by atoms with E-state index in [4.69, 9.17) is 4.74 Å². The number of piperidine rings is 1. The fourth-order valence-corrected chi connectivity index (χ4v) is 3.19. The minimum absolute atomic E-state index is 0.176. The topological polar surface area (TPSA) is 32.8 Å². The fraction of sp³-hybridized carbons (Fsp3) is 0.588. The summed E-state index contributed by atoms with van der Waals surface area (Å²) >= 11 is 0. The van der Waals surface area contributed by atoms with Crippen molar-refractivity contribution in [2.75, 3.05) is 44.3 Å². The number of hydrogen-bond donors (Lipinski definition) is 0. The number of carbonyl (C=O) groups excluding carboxylic acids is 1. The molecule has 1 atom stereocenters. The van der Waals surface area contributed by atoms with Crippen LogP contribution in [0.3, 0.4) is 0 Å². The predicted molar refractivity (Wildman–Crippen MR) is 83.8 cm³/mol. The lowest BCUT2D eigenvalue weighted by atomic mass is 9.99. The highest BCUT2D eigenvalue weighted by Crippen LogP contribution is 2.20. The molecule has 2 saturated heterocycles. The molecule has 0 aliphatic carbocycles. The van der Waals surface area contributed by atoms with Crippen molar-refractivity contribution >= 4 is 11.6 Å². The molecule has 114 valence electrons.